The Labute approximate surface area is 96.0 Å². The first-order chi connectivity index (χ1) is 6.56. The van der Waals surface area contributed by atoms with E-state index in [1.807, 2.05) is 0 Å². The van der Waals surface area contributed by atoms with E-state index in [0.29, 0.717) is 5.56 Å². The zero-order chi connectivity index (χ0) is 10.7. The van der Waals surface area contributed by atoms with Gasteiger partial charge in [-0.05, 0) is 24.1 Å². The summed E-state index contributed by atoms with van der Waals surface area (Å²) in [5, 5.41) is 8.37. The highest BCUT2D eigenvalue weighted by atomic mass is 79.9. The average Bonchev–Trinajstić information content (AvgIpc) is 2.17. The number of rotatable bonds is 3. The first-order valence-corrected chi connectivity index (χ1v) is 5.33. The van der Waals surface area contributed by atoms with Gasteiger partial charge >= 0.3 is 0 Å². The topological polar surface area (TPSA) is 37.3 Å². The molecule has 1 unspecified atom stereocenters. The van der Waals surface area contributed by atoms with Crippen LogP contribution >= 0.6 is 27.5 Å². The third-order valence-corrected chi connectivity index (χ3v) is 3.22. The van der Waals surface area contributed by atoms with Crippen LogP contribution in [0.15, 0.2) is 22.7 Å². The van der Waals surface area contributed by atoms with Gasteiger partial charge in [-0.15, -0.1) is 11.6 Å². The van der Waals surface area contributed by atoms with Gasteiger partial charge in [0.1, 0.15) is 5.38 Å². The number of ketones is 1. The average molecular weight is 278 g/mol. The summed E-state index contributed by atoms with van der Waals surface area (Å²) in [7, 11) is 0. The number of Topliss-reactive ketones (excluding diaryl/α,β-unsaturated/α-hetero) is 1. The molecule has 1 rings (SSSR count). The quantitative estimate of drug-likeness (QED) is 0.863. The van der Waals surface area contributed by atoms with Gasteiger partial charge in [0.2, 0.25) is 0 Å². The second-order valence-corrected chi connectivity index (χ2v) is 4.27. The third-order valence-electron chi connectivity index (χ3n) is 1.89. The van der Waals surface area contributed by atoms with Crippen LogP contribution in [0, 0.1) is 0 Å². The molecule has 0 radical (unpaired) electrons. The van der Waals surface area contributed by atoms with Crippen molar-refractivity contribution < 1.29 is 9.90 Å². The summed E-state index contributed by atoms with van der Waals surface area (Å²) in [6.07, 6.45) is 0. The Bertz CT molecular complexity index is 352. The molecule has 0 bridgehead atoms. The minimum absolute atomic E-state index is 0.0735. The summed E-state index contributed by atoms with van der Waals surface area (Å²) >= 11 is 9.16. The molecular weight excluding hydrogens is 267 g/mol. The van der Waals surface area contributed by atoms with E-state index in [0.717, 1.165) is 10.0 Å². The Morgan fingerprint density at radius 3 is 2.79 bits per heavy atom. The van der Waals surface area contributed by atoms with Crippen molar-refractivity contribution in [3.8, 4) is 0 Å². The maximum Gasteiger partial charge on any atom is 0.152 e. The van der Waals surface area contributed by atoms with Crippen LogP contribution in [0.2, 0.25) is 0 Å². The Balaban J connectivity index is 3.06. The van der Waals surface area contributed by atoms with E-state index in [9.17, 15) is 4.79 Å². The molecule has 1 aromatic carbocycles. The molecule has 0 aliphatic heterocycles. The van der Waals surface area contributed by atoms with Crippen molar-refractivity contribution >= 4 is 33.3 Å². The smallest absolute Gasteiger partial charge is 0.152 e. The maximum absolute atomic E-state index is 11.0. The van der Waals surface area contributed by atoms with Crippen LogP contribution in [-0.4, -0.2) is 10.9 Å². The number of aliphatic hydroxyl groups is 1. The summed E-state index contributed by atoms with van der Waals surface area (Å²) in [4.78, 5) is 11.0. The number of carbonyl (C=O) groups is 1. The van der Waals surface area contributed by atoms with Crippen molar-refractivity contribution in [1.29, 1.82) is 0 Å². The van der Waals surface area contributed by atoms with E-state index in [4.69, 9.17) is 16.7 Å². The lowest BCUT2D eigenvalue weighted by atomic mass is 10.1. The van der Waals surface area contributed by atoms with Crippen LogP contribution in [0.4, 0.5) is 0 Å². The molecule has 14 heavy (non-hydrogen) atoms. The number of benzene rings is 1. The van der Waals surface area contributed by atoms with Crippen molar-refractivity contribution in [1.82, 2.24) is 0 Å². The summed E-state index contributed by atoms with van der Waals surface area (Å²) in [6.45, 7) is 1.37. The lowest BCUT2D eigenvalue weighted by Crippen LogP contribution is -2.02. The fourth-order valence-corrected chi connectivity index (χ4v) is 1.62. The largest absolute Gasteiger partial charge is 0.392 e. The minimum atomic E-state index is -0.631. The van der Waals surface area contributed by atoms with Crippen molar-refractivity contribution in [2.24, 2.45) is 0 Å². The maximum atomic E-state index is 11.0. The van der Waals surface area contributed by atoms with Gasteiger partial charge in [-0.1, -0.05) is 28.1 Å². The fourth-order valence-electron chi connectivity index (χ4n) is 1.11. The predicted octanol–water partition coefficient (Wildman–Crippen LogP) is 2.81. The summed E-state index contributed by atoms with van der Waals surface area (Å²) in [6, 6.07) is 5.27. The van der Waals surface area contributed by atoms with Gasteiger partial charge < -0.3 is 5.11 Å². The second-order valence-electron chi connectivity index (χ2n) is 2.98. The summed E-state index contributed by atoms with van der Waals surface area (Å²) < 4.78 is 0.816. The van der Waals surface area contributed by atoms with Crippen LogP contribution in [0.3, 0.4) is 0 Å². The van der Waals surface area contributed by atoms with Crippen LogP contribution in [0.5, 0.6) is 0 Å². The minimum Gasteiger partial charge on any atom is -0.392 e. The zero-order valence-corrected chi connectivity index (χ0v) is 9.97. The summed E-state index contributed by atoms with van der Waals surface area (Å²) in [5.74, 6) is -0.0992. The molecule has 0 spiro atoms. The van der Waals surface area contributed by atoms with E-state index in [1.54, 1.807) is 18.2 Å². The highest BCUT2D eigenvalue weighted by Gasteiger charge is 2.13. The fraction of sp³-hybridized carbons (Fsp3) is 0.300. The number of hydrogen-bond acceptors (Lipinski definition) is 2. The van der Waals surface area contributed by atoms with Crippen LogP contribution in [0.25, 0.3) is 0 Å². The molecule has 0 amide bonds. The lowest BCUT2D eigenvalue weighted by molar-refractivity contribution is -0.116. The number of carbonyl (C=O) groups excluding carboxylic acids is 1. The van der Waals surface area contributed by atoms with Crippen LogP contribution < -0.4 is 0 Å². The summed E-state index contributed by atoms with van der Waals surface area (Å²) in [5.41, 5.74) is 1.45. The van der Waals surface area contributed by atoms with E-state index in [1.165, 1.54) is 6.92 Å². The van der Waals surface area contributed by atoms with Gasteiger partial charge in [0.05, 0.1) is 6.61 Å². The molecule has 0 aliphatic rings. The van der Waals surface area contributed by atoms with Crippen molar-refractivity contribution in [2.45, 2.75) is 18.9 Å². The Hall–Kier alpha value is -0.380. The second kappa shape index (κ2) is 4.91. The highest BCUT2D eigenvalue weighted by molar-refractivity contribution is 9.10. The van der Waals surface area contributed by atoms with Crippen molar-refractivity contribution in [3.05, 3.63) is 33.8 Å². The molecule has 0 saturated heterocycles. The predicted molar refractivity (Wildman–Crippen MR) is 59.3 cm³/mol. The molecule has 4 heteroatoms. The highest BCUT2D eigenvalue weighted by Crippen LogP contribution is 2.26. The molecule has 2 nitrogen and oxygen atoms in total. The van der Waals surface area contributed by atoms with Gasteiger partial charge in [-0.3, -0.25) is 4.79 Å². The van der Waals surface area contributed by atoms with Gasteiger partial charge in [-0.2, -0.15) is 0 Å². The first-order valence-electron chi connectivity index (χ1n) is 4.10. The van der Waals surface area contributed by atoms with Crippen molar-refractivity contribution in [2.75, 3.05) is 0 Å². The van der Waals surface area contributed by atoms with E-state index < -0.39 is 5.38 Å². The van der Waals surface area contributed by atoms with Crippen LogP contribution in [-0.2, 0) is 11.4 Å². The van der Waals surface area contributed by atoms with Gasteiger partial charge in [-0.25, -0.2) is 0 Å². The van der Waals surface area contributed by atoms with Gasteiger partial charge in [0, 0.05) is 4.47 Å². The zero-order valence-electron chi connectivity index (χ0n) is 7.63. The normalized spacial score (nSPS) is 12.6. The first kappa shape index (κ1) is 11.7. The molecule has 0 fully saturated rings. The number of hydrogen-bond donors (Lipinski definition) is 1. The van der Waals surface area contributed by atoms with E-state index in [2.05, 4.69) is 15.9 Å². The molecule has 1 aromatic rings. The number of alkyl halides is 1. The molecule has 1 N–H and O–H groups in total. The third kappa shape index (κ3) is 2.56. The molecule has 1 atom stereocenters. The Kier molecular flexibility index (Phi) is 4.11. The molecule has 0 aliphatic carbocycles. The number of halogens is 2. The molecule has 76 valence electrons. The standard InChI is InChI=1S/C10H10BrClO2/c1-6(14)10(12)7-2-3-9(11)8(4-7)5-13/h2-4,10,13H,5H2,1H3. The van der Waals surface area contributed by atoms with E-state index in [-0.39, 0.29) is 12.4 Å². The molecule has 0 saturated carbocycles. The SMILES string of the molecule is CC(=O)C(Cl)c1ccc(Br)c(CO)c1. The molecule has 0 aromatic heterocycles. The molecule has 0 heterocycles. The monoisotopic (exact) mass is 276 g/mol. The Morgan fingerprint density at radius 2 is 2.29 bits per heavy atom. The van der Waals surface area contributed by atoms with Gasteiger partial charge in [0.15, 0.2) is 5.78 Å². The van der Waals surface area contributed by atoms with E-state index >= 15 is 0 Å². The Morgan fingerprint density at radius 1 is 1.64 bits per heavy atom. The van der Waals surface area contributed by atoms with Crippen molar-refractivity contribution in [3.63, 3.8) is 0 Å². The van der Waals surface area contributed by atoms with Crippen LogP contribution in [0.1, 0.15) is 23.4 Å². The number of aliphatic hydroxyl groups excluding tert-OH is 1. The van der Waals surface area contributed by atoms with Gasteiger partial charge in [0.25, 0.3) is 0 Å². The molecular formula is C10H10BrClO2. The lowest BCUT2D eigenvalue weighted by Gasteiger charge is -2.08.